The van der Waals surface area contributed by atoms with Crippen LogP contribution in [-0.2, 0) is 18.4 Å². The lowest BCUT2D eigenvalue weighted by atomic mass is 10.2. The molecule has 8 nitrogen and oxygen atoms in total. The van der Waals surface area contributed by atoms with Crippen molar-refractivity contribution < 1.29 is 9.90 Å². The first kappa shape index (κ1) is 17.8. The number of guanidine groups is 1. The molecular formula is C18H24N6O2. The van der Waals surface area contributed by atoms with E-state index in [1.165, 1.54) is 0 Å². The Bertz CT molecular complexity index is 783. The fourth-order valence-electron chi connectivity index (χ4n) is 2.87. The molecular weight excluding hydrogens is 332 g/mol. The average molecular weight is 356 g/mol. The Morgan fingerprint density at radius 3 is 2.69 bits per heavy atom. The number of anilines is 1. The molecule has 1 aliphatic heterocycles. The molecule has 3 rings (SSSR count). The molecule has 1 saturated heterocycles. The van der Waals surface area contributed by atoms with Gasteiger partial charge >= 0.3 is 0 Å². The molecule has 138 valence electrons. The van der Waals surface area contributed by atoms with Gasteiger partial charge < -0.3 is 20.2 Å². The second kappa shape index (κ2) is 7.90. The van der Waals surface area contributed by atoms with Gasteiger partial charge in [-0.15, -0.1) is 0 Å². The molecule has 1 amide bonds. The summed E-state index contributed by atoms with van der Waals surface area (Å²) in [6.45, 7) is 4.78. The maximum atomic E-state index is 12.6. The van der Waals surface area contributed by atoms with Gasteiger partial charge in [-0.25, -0.2) is 4.99 Å². The zero-order valence-electron chi connectivity index (χ0n) is 15.1. The van der Waals surface area contributed by atoms with E-state index < -0.39 is 0 Å². The highest BCUT2D eigenvalue weighted by molar-refractivity contribution is 5.98. The normalized spacial score (nSPS) is 15.5. The number of aryl methyl sites for hydroxylation is 1. The summed E-state index contributed by atoms with van der Waals surface area (Å²) in [5.74, 6) is 0.987. The Kier molecular flexibility index (Phi) is 5.40. The first-order chi connectivity index (χ1) is 12.6. The van der Waals surface area contributed by atoms with Gasteiger partial charge in [-0.05, 0) is 24.6 Å². The number of carbonyl (C=O) groups excluding carboxylic acids is 1. The number of aromatic hydroxyl groups is 1. The summed E-state index contributed by atoms with van der Waals surface area (Å²) in [4.78, 5) is 20.9. The van der Waals surface area contributed by atoms with Crippen molar-refractivity contribution in [2.24, 2.45) is 12.0 Å². The predicted octanol–water partition coefficient (Wildman–Crippen LogP) is 0.940. The van der Waals surface area contributed by atoms with Crippen molar-refractivity contribution >= 4 is 17.6 Å². The Balaban J connectivity index is 1.68. The quantitative estimate of drug-likeness (QED) is 0.629. The first-order valence-electron chi connectivity index (χ1n) is 8.67. The summed E-state index contributed by atoms with van der Waals surface area (Å²) < 4.78 is 1.69. The minimum Gasteiger partial charge on any atom is -0.508 e. The number of aliphatic imine (C=N–C) groups is 1. The molecule has 0 atom stereocenters. The summed E-state index contributed by atoms with van der Waals surface area (Å²) in [7, 11) is 1.84. The zero-order chi connectivity index (χ0) is 18.5. The van der Waals surface area contributed by atoms with Crippen molar-refractivity contribution in [1.82, 2.24) is 20.0 Å². The van der Waals surface area contributed by atoms with E-state index in [9.17, 15) is 9.90 Å². The summed E-state index contributed by atoms with van der Waals surface area (Å²) in [6, 6.07) is 6.98. The molecule has 0 radical (unpaired) electrons. The van der Waals surface area contributed by atoms with E-state index in [0.29, 0.717) is 19.6 Å². The number of piperazine rings is 1. The molecule has 0 unspecified atom stereocenters. The van der Waals surface area contributed by atoms with Gasteiger partial charge in [-0.2, -0.15) is 5.10 Å². The number of hydrogen-bond donors (Lipinski definition) is 2. The van der Waals surface area contributed by atoms with Crippen LogP contribution in [0.3, 0.4) is 0 Å². The number of benzene rings is 1. The van der Waals surface area contributed by atoms with Gasteiger partial charge in [-0.1, -0.05) is 12.1 Å². The SMILES string of the molecule is CCNC(=NCc1ccc(O)cc1)N1CCN(c2cnn(C)c2)C(=O)C1. The smallest absolute Gasteiger partial charge is 0.246 e. The van der Waals surface area contributed by atoms with E-state index in [2.05, 4.69) is 15.4 Å². The van der Waals surface area contributed by atoms with Gasteiger partial charge in [0.05, 0.1) is 18.4 Å². The summed E-state index contributed by atoms with van der Waals surface area (Å²) in [5, 5.41) is 16.8. The van der Waals surface area contributed by atoms with Crippen molar-refractivity contribution in [2.45, 2.75) is 13.5 Å². The largest absolute Gasteiger partial charge is 0.508 e. The molecule has 0 aliphatic carbocycles. The lowest BCUT2D eigenvalue weighted by Gasteiger charge is -2.35. The number of nitrogens with zero attached hydrogens (tertiary/aromatic N) is 5. The van der Waals surface area contributed by atoms with Crippen LogP contribution >= 0.6 is 0 Å². The van der Waals surface area contributed by atoms with E-state index in [-0.39, 0.29) is 18.2 Å². The highest BCUT2D eigenvalue weighted by Crippen LogP contribution is 2.16. The number of phenolic OH excluding ortho intramolecular Hbond substituents is 1. The number of hydrogen-bond acceptors (Lipinski definition) is 4. The van der Waals surface area contributed by atoms with Gasteiger partial charge in [0, 0.05) is 32.9 Å². The highest BCUT2D eigenvalue weighted by atomic mass is 16.3. The lowest BCUT2D eigenvalue weighted by molar-refractivity contribution is -0.120. The lowest BCUT2D eigenvalue weighted by Crippen LogP contribution is -2.55. The molecule has 2 aromatic rings. The molecule has 0 spiro atoms. The summed E-state index contributed by atoms with van der Waals surface area (Å²) >= 11 is 0. The summed E-state index contributed by atoms with van der Waals surface area (Å²) in [6.07, 6.45) is 3.55. The maximum absolute atomic E-state index is 12.6. The molecule has 2 N–H and O–H groups in total. The van der Waals surface area contributed by atoms with E-state index >= 15 is 0 Å². The monoisotopic (exact) mass is 356 g/mol. The van der Waals surface area contributed by atoms with Crippen molar-refractivity contribution in [3.05, 3.63) is 42.2 Å². The van der Waals surface area contributed by atoms with E-state index in [1.807, 2.05) is 37.2 Å². The zero-order valence-corrected chi connectivity index (χ0v) is 15.1. The van der Waals surface area contributed by atoms with Crippen LogP contribution in [0.4, 0.5) is 5.69 Å². The second-order valence-electron chi connectivity index (χ2n) is 6.18. The molecule has 0 saturated carbocycles. The topological polar surface area (TPSA) is 86.0 Å². The third kappa shape index (κ3) is 4.14. The Hall–Kier alpha value is -3.03. The van der Waals surface area contributed by atoms with Gasteiger partial charge in [0.25, 0.3) is 0 Å². The van der Waals surface area contributed by atoms with Crippen LogP contribution in [0.15, 0.2) is 41.7 Å². The molecule has 0 bridgehead atoms. The predicted molar refractivity (Wildman–Crippen MR) is 100 cm³/mol. The minimum atomic E-state index is 0.0273. The molecule has 8 heteroatoms. The van der Waals surface area contributed by atoms with Crippen molar-refractivity contribution in [1.29, 1.82) is 0 Å². The van der Waals surface area contributed by atoms with Gasteiger partial charge in [0.15, 0.2) is 5.96 Å². The fraction of sp³-hybridized carbons (Fsp3) is 0.389. The van der Waals surface area contributed by atoms with Crippen LogP contribution in [0.2, 0.25) is 0 Å². The summed E-state index contributed by atoms with van der Waals surface area (Å²) in [5.41, 5.74) is 1.82. The third-order valence-electron chi connectivity index (χ3n) is 4.21. The van der Waals surface area contributed by atoms with Crippen molar-refractivity contribution in [2.75, 3.05) is 31.1 Å². The van der Waals surface area contributed by atoms with Crippen LogP contribution in [0.1, 0.15) is 12.5 Å². The van der Waals surface area contributed by atoms with Crippen molar-refractivity contribution in [3.63, 3.8) is 0 Å². The number of phenols is 1. The number of rotatable bonds is 4. The van der Waals surface area contributed by atoms with E-state index in [4.69, 9.17) is 0 Å². The van der Waals surface area contributed by atoms with E-state index in [0.717, 1.165) is 23.8 Å². The molecule has 1 aromatic heterocycles. The number of aromatic nitrogens is 2. The maximum Gasteiger partial charge on any atom is 0.246 e. The van der Waals surface area contributed by atoms with Gasteiger partial charge in [-0.3, -0.25) is 9.48 Å². The fourth-order valence-corrected chi connectivity index (χ4v) is 2.87. The Morgan fingerprint density at radius 2 is 2.08 bits per heavy atom. The van der Waals surface area contributed by atoms with Crippen LogP contribution in [-0.4, -0.2) is 57.8 Å². The van der Waals surface area contributed by atoms with Gasteiger partial charge in [0.1, 0.15) is 12.3 Å². The Labute approximate surface area is 152 Å². The van der Waals surface area contributed by atoms with Gasteiger partial charge in [0.2, 0.25) is 5.91 Å². The van der Waals surface area contributed by atoms with Crippen LogP contribution in [0.25, 0.3) is 0 Å². The van der Waals surface area contributed by atoms with Crippen LogP contribution in [0, 0.1) is 0 Å². The molecule has 1 fully saturated rings. The Morgan fingerprint density at radius 1 is 1.31 bits per heavy atom. The second-order valence-corrected chi connectivity index (χ2v) is 6.18. The molecule has 2 heterocycles. The standard InChI is InChI=1S/C18H24N6O2/c1-3-19-18(20-10-14-4-6-16(25)7-5-14)23-8-9-24(17(26)13-23)15-11-21-22(2)12-15/h4-7,11-12,25H,3,8-10,13H2,1-2H3,(H,19,20). The van der Waals surface area contributed by atoms with Crippen LogP contribution < -0.4 is 10.2 Å². The average Bonchev–Trinajstić information content (AvgIpc) is 3.06. The minimum absolute atomic E-state index is 0.0273. The van der Waals surface area contributed by atoms with E-state index in [1.54, 1.807) is 27.9 Å². The molecule has 26 heavy (non-hydrogen) atoms. The molecule has 1 aliphatic rings. The first-order valence-corrected chi connectivity index (χ1v) is 8.67. The van der Waals surface area contributed by atoms with Crippen molar-refractivity contribution in [3.8, 4) is 5.75 Å². The number of carbonyl (C=O) groups is 1. The van der Waals surface area contributed by atoms with Crippen LogP contribution in [0.5, 0.6) is 5.75 Å². The highest BCUT2D eigenvalue weighted by Gasteiger charge is 2.27. The number of amides is 1. The molecule has 1 aromatic carbocycles. The number of nitrogens with one attached hydrogen (secondary N) is 1. The third-order valence-corrected chi connectivity index (χ3v) is 4.21.